The molecule has 0 aromatic heterocycles. The largest absolute Gasteiger partial charge is 0.358 e. The molecule has 0 unspecified atom stereocenters. The van der Waals surface area contributed by atoms with Crippen LogP contribution in [-0.2, 0) is 9.59 Å². The number of halogens is 2. The van der Waals surface area contributed by atoms with Crippen molar-refractivity contribution in [3.8, 4) is 0 Å². The summed E-state index contributed by atoms with van der Waals surface area (Å²) in [5.74, 6) is -2.29. The summed E-state index contributed by atoms with van der Waals surface area (Å²) in [5, 5.41) is 0.526. The van der Waals surface area contributed by atoms with Gasteiger partial charge < -0.3 is 4.90 Å². The zero-order valence-corrected chi connectivity index (χ0v) is 20.1. The summed E-state index contributed by atoms with van der Waals surface area (Å²) in [4.78, 5) is 44.6. The number of amides is 2. The molecule has 0 aliphatic carbocycles. The highest BCUT2D eigenvalue weighted by Gasteiger charge is 2.64. The van der Waals surface area contributed by atoms with Gasteiger partial charge in [0.1, 0.15) is 6.04 Å². The quantitative estimate of drug-likeness (QED) is 0.330. The van der Waals surface area contributed by atoms with Gasteiger partial charge in [-0.2, -0.15) is 0 Å². The Balaban J connectivity index is 1.50. The van der Waals surface area contributed by atoms with Gasteiger partial charge in [-0.05, 0) is 59.7 Å². The SMILES string of the molecule is O=C(c1ccc(Cl)cc1)[C@H]1[C@H]2C(=O)N(c3cccc(Br)c3)C(=O)[C@@H]2[C@H]2c3ccccc3C=CN21. The maximum atomic E-state index is 13.8. The lowest BCUT2D eigenvalue weighted by Crippen LogP contribution is -2.44. The van der Waals surface area contributed by atoms with Crippen molar-refractivity contribution in [2.24, 2.45) is 11.8 Å². The van der Waals surface area contributed by atoms with E-state index in [-0.39, 0.29) is 17.6 Å². The van der Waals surface area contributed by atoms with E-state index in [4.69, 9.17) is 11.6 Å². The van der Waals surface area contributed by atoms with Crippen LogP contribution in [0.1, 0.15) is 27.5 Å². The fourth-order valence-corrected chi connectivity index (χ4v) is 6.02. The first-order valence-corrected chi connectivity index (χ1v) is 12.1. The monoisotopic (exact) mass is 532 g/mol. The molecular weight excluding hydrogens is 516 g/mol. The molecular formula is C27H18BrClN2O3. The first-order chi connectivity index (χ1) is 16.5. The van der Waals surface area contributed by atoms with Gasteiger partial charge in [0, 0.05) is 21.3 Å². The lowest BCUT2D eigenvalue weighted by molar-refractivity contribution is -0.123. The maximum absolute atomic E-state index is 13.8. The van der Waals surface area contributed by atoms with Crippen molar-refractivity contribution >= 4 is 56.9 Å². The molecule has 6 rings (SSSR count). The molecule has 0 bridgehead atoms. The van der Waals surface area contributed by atoms with Crippen molar-refractivity contribution in [3.63, 3.8) is 0 Å². The van der Waals surface area contributed by atoms with Crippen LogP contribution < -0.4 is 4.90 Å². The van der Waals surface area contributed by atoms with Gasteiger partial charge in [-0.25, -0.2) is 4.90 Å². The number of Topliss-reactive ketones (excluding diaryl/α,β-unsaturated/α-hetero) is 1. The van der Waals surface area contributed by atoms with E-state index in [9.17, 15) is 14.4 Å². The molecule has 3 aliphatic rings. The lowest BCUT2D eigenvalue weighted by Gasteiger charge is -2.35. The van der Waals surface area contributed by atoms with E-state index in [0.29, 0.717) is 16.3 Å². The van der Waals surface area contributed by atoms with Crippen molar-refractivity contribution in [2.75, 3.05) is 4.90 Å². The van der Waals surface area contributed by atoms with Crippen molar-refractivity contribution in [2.45, 2.75) is 12.1 Å². The Labute approximate surface area is 209 Å². The van der Waals surface area contributed by atoms with Gasteiger partial charge in [0.15, 0.2) is 5.78 Å². The number of carbonyl (C=O) groups is 3. The predicted octanol–water partition coefficient (Wildman–Crippen LogP) is 5.50. The second-order valence-electron chi connectivity index (χ2n) is 8.70. The summed E-state index contributed by atoms with van der Waals surface area (Å²) < 4.78 is 0.768. The molecule has 7 heteroatoms. The fourth-order valence-electron chi connectivity index (χ4n) is 5.51. The summed E-state index contributed by atoms with van der Waals surface area (Å²) in [7, 11) is 0. The smallest absolute Gasteiger partial charge is 0.240 e. The third-order valence-electron chi connectivity index (χ3n) is 6.93. The first-order valence-electron chi connectivity index (χ1n) is 10.9. The second-order valence-corrected chi connectivity index (χ2v) is 10.0. The molecule has 4 atom stereocenters. The lowest BCUT2D eigenvalue weighted by atomic mass is 9.83. The minimum atomic E-state index is -0.797. The third kappa shape index (κ3) is 3.09. The Morgan fingerprint density at radius 2 is 1.62 bits per heavy atom. The van der Waals surface area contributed by atoms with Crippen molar-refractivity contribution in [3.05, 3.63) is 105 Å². The van der Waals surface area contributed by atoms with E-state index >= 15 is 0 Å². The minimum absolute atomic E-state index is 0.199. The molecule has 5 nitrogen and oxygen atoms in total. The van der Waals surface area contributed by atoms with Crippen LogP contribution >= 0.6 is 27.5 Å². The Morgan fingerprint density at radius 1 is 0.882 bits per heavy atom. The molecule has 2 amide bonds. The first kappa shape index (κ1) is 21.3. The number of carbonyl (C=O) groups excluding carboxylic acids is 3. The number of fused-ring (bicyclic) bond motifs is 5. The van der Waals surface area contributed by atoms with Crippen molar-refractivity contribution in [1.29, 1.82) is 0 Å². The molecule has 3 aromatic rings. The number of rotatable bonds is 3. The third-order valence-corrected chi connectivity index (χ3v) is 7.67. The summed E-state index contributed by atoms with van der Waals surface area (Å²) in [6, 6.07) is 20.4. The topological polar surface area (TPSA) is 57.7 Å². The van der Waals surface area contributed by atoms with E-state index in [2.05, 4.69) is 15.9 Å². The van der Waals surface area contributed by atoms with Crippen LogP contribution in [0.3, 0.4) is 0 Å². The maximum Gasteiger partial charge on any atom is 0.240 e. The molecule has 3 aromatic carbocycles. The molecule has 3 heterocycles. The highest BCUT2D eigenvalue weighted by atomic mass is 79.9. The van der Waals surface area contributed by atoms with E-state index in [1.807, 2.05) is 47.5 Å². The van der Waals surface area contributed by atoms with E-state index < -0.39 is 23.9 Å². The highest BCUT2D eigenvalue weighted by molar-refractivity contribution is 9.10. The van der Waals surface area contributed by atoms with Gasteiger partial charge in [-0.15, -0.1) is 0 Å². The van der Waals surface area contributed by atoms with Crippen LogP contribution in [0, 0.1) is 11.8 Å². The number of nitrogens with zero attached hydrogens (tertiary/aromatic N) is 2. The molecule has 2 fully saturated rings. The normalized spacial score (nSPS) is 24.8. The number of anilines is 1. The molecule has 168 valence electrons. The number of benzene rings is 3. The molecule has 0 saturated carbocycles. The average molecular weight is 534 g/mol. The van der Waals surface area contributed by atoms with Crippen LogP contribution in [0.4, 0.5) is 5.69 Å². The molecule has 0 radical (unpaired) electrons. The van der Waals surface area contributed by atoms with Crippen LogP contribution in [0.15, 0.2) is 83.5 Å². The Bertz CT molecular complexity index is 1390. The minimum Gasteiger partial charge on any atom is -0.358 e. The van der Waals surface area contributed by atoms with Crippen molar-refractivity contribution in [1.82, 2.24) is 4.90 Å². The fraction of sp³-hybridized carbons (Fsp3) is 0.148. The van der Waals surface area contributed by atoms with E-state index in [0.717, 1.165) is 15.6 Å². The van der Waals surface area contributed by atoms with E-state index in [1.165, 1.54) is 4.90 Å². The van der Waals surface area contributed by atoms with Gasteiger partial charge in [0.2, 0.25) is 11.8 Å². The zero-order chi connectivity index (χ0) is 23.6. The van der Waals surface area contributed by atoms with Crippen LogP contribution in [0.25, 0.3) is 6.08 Å². The summed E-state index contributed by atoms with van der Waals surface area (Å²) >= 11 is 9.46. The van der Waals surface area contributed by atoms with Crippen LogP contribution in [-0.4, -0.2) is 28.5 Å². The number of hydrogen-bond acceptors (Lipinski definition) is 4. The zero-order valence-electron chi connectivity index (χ0n) is 17.8. The van der Waals surface area contributed by atoms with Gasteiger partial charge in [0.05, 0.1) is 23.6 Å². The molecule has 0 spiro atoms. The van der Waals surface area contributed by atoms with Gasteiger partial charge >= 0.3 is 0 Å². The molecule has 2 saturated heterocycles. The standard InChI is InChI=1S/C27H18BrClN2O3/c28-17-5-3-6-19(14-17)31-26(33)21-22(27(31)34)24(25(32)16-8-10-18(29)11-9-16)30-13-12-15-4-1-2-7-20(15)23(21)30/h1-14,21-24H/t21-,22-,23+,24+/m0/s1. The average Bonchev–Trinajstić information content (AvgIpc) is 3.31. The van der Waals surface area contributed by atoms with Crippen LogP contribution in [0.2, 0.25) is 5.02 Å². The molecule has 0 N–H and O–H groups in total. The van der Waals surface area contributed by atoms with Gasteiger partial charge in [-0.3, -0.25) is 14.4 Å². The Hall–Kier alpha value is -3.22. The molecule has 3 aliphatic heterocycles. The van der Waals surface area contributed by atoms with Crippen LogP contribution in [0.5, 0.6) is 0 Å². The molecule has 34 heavy (non-hydrogen) atoms. The number of imide groups is 1. The van der Waals surface area contributed by atoms with Gasteiger partial charge in [-0.1, -0.05) is 57.9 Å². The van der Waals surface area contributed by atoms with Gasteiger partial charge in [0.25, 0.3) is 0 Å². The van der Waals surface area contributed by atoms with Crippen molar-refractivity contribution < 1.29 is 14.4 Å². The predicted molar refractivity (Wildman–Crippen MR) is 133 cm³/mol. The Kier molecular flexibility index (Phi) is 4.97. The Morgan fingerprint density at radius 3 is 2.38 bits per heavy atom. The summed E-state index contributed by atoms with van der Waals surface area (Å²) in [6.07, 6.45) is 3.80. The summed E-state index contributed by atoms with van der Waals surface area (Å²) in [5.41, 5.74) is 2.90. The number of ketones is 1. The number of hydrogen-bond donors (Lipinski definition) is 0. The highest BCUT2D eigenvalue weighted by Crippen LogP contribution is 2.53. The summed E-state index contributed by atoms with van der Waals surface area (Å²) in [6.45, 7) is 0. The van der Waals surface area contributed by atoms with E-state index in [1.54, 1.807) is 42.5 Å². The second kappa shape index (κ2) is 7.93.